The molecular weight excluding hydrogens is 304 g/mol. The van der Waals surface area contributed by atoms with Gasteiger partial charge in [-0.15, -0.1) is 0 Å². The molecule has 0 radical (unpaired) electrons. The third-order valence-electron chi connectivity index (χ3n) is 4.21. The smallest absolute Gasteiger partial charge is 0.270 e. The van der Waals surface area contributed by atoms with Crippen molar-refractivity contribution in [3.8, 4) is 6.07 Å². The van der Waals surface area contributed by atoms with Gasteiger partial charge in [0.1, 0.15) is 5.69 Å². The lowest BCUT2D eigenvalue weighted by Crippen LogP contribution is -2.28. The summed E-state index contributed by atoms with van der Waals surface area (Å²) in [6.45, 7) is 4.33. The maximum Gasteiger partial charge on any atom is 0.270 e. The van der Waals surface area contributed by atoms with E-state index in [1.54, 1.807) is 23.9 Å². The molecule has 1 aliphatic rings. The second-order valence-electron chi connectivity index (χ2n) is 6.12. The summed E-state index contributed by atoms with van der Waals surface area (Å²) >= 11 is 0. The van der Waals surface area contributed by atoms with E-state index in [9.17, 15) is 4.79 Å². The third kappa shape index (κ3) is 3.03. The third-order valence-corrected chi connectivity index (χ3v) is 4.21. The highest BCUT2D eigenvalue weighted by atomic mass is 16.5. The maximum absolute atomic E-state index is 12.7. The molecule has 2 aromatic rings. The van der Waals surface area contributed by atoms with E-state index in [0.717, 1.165) is 16.8 Å². The number of hydrogen-bond donors (Lipinski definition) is 1. The molecular formula is C18H20N4O2. The molecule has 1 aromatic carbocycles. The number of fused-ring (bicyclic) bond motifs is 1. The van der Waals surface area contributed by atoms with E-state index in [1.165, 1.54) is 0 Å². The fourth-order valence-corrected chi connectivity index (χ4v) is 3.17. The van der Waals surface area contributed by atoms with Gasteiger partial charge in [0, 0.05) is 25.6 Å². The zero-order chi connectivity index (χ0) is 17.3. The van der Waals surface area contributed by atoms with Crippen molar-refractivity contribution in [1.29, 1.82) is 5.26 Å². The van der Waals surface area contributed by atoms with E-state index in [-0.39, 0.29) is 18.1 Å². The average Bonchev–Trinajstić information content (AvgIpc) is 2.89. The van der Waals surface area contributed by atoms with Crippen LogP contribution in [0.3, 0.4) is 0 Å². The first kappa shape index (κ1) is 16.2. The van der Waals surface area contributed by atoms with E-state index in [4.69, 9.17) is 10.00 Å². The van der Waals surface area contributed by atoms with Crippen molar-refractivity contribution in [2.24, 2.45) is 7.05 Å². The van der Waals surface area contributed by atoms with Crippen molar-refractivity contribution in [3.05, 3.63) is 52.3 Å². The lowest BCUT2D eigenvalue weighted by Gasteiger charge is -2.24. The summed E-state index contributed by atoms with van der Waals surface area (Å²) in [4.78, 5) is 12.7. The monoisotopic (exact) mass is 324 g/mol. The van der Waals surface area contributed by atoms with Crippen molar-refractivity contribution in [2.75, 3.05) is 0 Å². The zero-order valence-electron chi connectivity index (χ0n) is 14.0. The summed E-state index contributed by atoms with van der Waals surface area (Å²) in [6.07, 6.45) is 0.638. The quantitative estimate of drug-likeness (QED) is 0.939. The maximum atomic E-state index is 12.7. The molecule has 0 saturated heterocycles. The highest BCUT2D eigenvalue weighted by Crippen LogP contribution is 2.31. The first-order valence-electron chi connectivity index (χ1n) is 7.98. The number of amides is 1. The van der Waals surface area contributed by atoms with Gasteiger partial charge in [0.15, 0.2) is 0 Å². The summed E-state index contributed by atoms with van der Waals surface area (Å²) in [5, 5.41) is 16.3. The van der Waals surface area contributed by atoms with Crippen LogP contribution in [0.5, 0.6) is 0 Å². The van der Waals surface area contributed by atoms with E-state index >= 15 is 0 Å². The molecule has 6 heteroatoms. The van der Waals surface area contributed by atoms with Crippen LogP contribution < -0.4 is 5.32 Å². The minimum absolute atomic E-state index is 0.0653. The molecule has 6 nitrogen and oxygen atoms in total. The number of aryl methyl sites for hydroxylation is 1. The molecule has 124 valence electrons. The van der Waals surface area contributed by atoms with Gasteiger partial charge in [-0.3, -0.25) is 9.48 Å². The second kappa shape index (κ2) is 6.46. The molecule has 1 aromatic heterocycles. The number of carbonyl (C=O) groups excluding carboxylic acids is 1. The van der Waals surface area contributed by atoms with Crippen LogP contribution >= 0.6 is 0 Å². The number of aromatic nitrogens is 2. The lowest BCUT2D eigenvalue weighted by molar-refractivity contribution is -0.00710. The Hall–Kier alpha value is -2.65. The SMILES string of the molecule is C[C@@H]1Cc2c(nn(C)c2C(=O)NCc2cccc(C#N)c2)[C@H](C)O1. The molecule has 3 rings (SSSR count). The summed E-state index contributed by atoms with van der Waals surface area (Å²) in [6, 6.07) is 9.32. The molecule has 1 aliphatic heterocycles. The first-order chi connectivity index (χ1) is 11.5. The molecule has 0 saturated carbocycles. The molecule has 0 aliphatic carbocycles. The highest BCUT2D eigenvalue weighted by molar-refractivity contribution is 5.94. The molecule has 24 heavy (non-hydrogen) atoms. The molecule has 0 unspecified atom stereocenters. The van der Waals surface area contributed by atoms with Gasteiger partial charge in [-0.1, -0.05) is 12.1 Å². The Kier molecular flexibility index (Phi) is 4.36. The van der Waals surface area contributed by atoms with Crippen LogP contribution in [0.1, 0.15) is 52.8 Å². The number of ether oxygens (including phenoxy) is 1. The van der Waals surface area contributed by atoms with E-state index in [0.29, 0.717) is 24.2 Å². The summed E-state index contributed by atoms with van der Waals surface area (Å²) in [5.41, 5.74) is 3.87. The average molecular weight is 324 g/mol. The number of carbonyl (C=O) groups is 1. The van der Waals surface area contributed by atoms with Gasteiger partial charge in [-0.05, 0) is 31.5 Å². The lowest BCUT2D eigenvalue weighted by atomic mass is 9.99. The van der Waals surface area contributed by atoms with Crippen molar-refractivity contribution in [3.63, 3.8) is 0 Å². The van der Waals surface area contributed by atoms with Crippen LogP contribution in [-0.4, -0.2) is 21.8 Å². The fraction of sp³-hybridized carbons (Fsp3) is 0.389. The predicted molar refractivity (Wildman–Crippen MR) is 88.2 cm³/mol. The molecule has 0 spiro atoms. The highest BCUT2D eigenvalue weighted by Gasteiger charge is 2.31. The number of nitriles is 1. The van der Waals surface area contributed by atoms with E-state index < -0.39 is 0 Å². The van der Waals surface area contributed by atoms with Crippen LogP contribution in [0.2, 0.25) is 0 Å². The van der Waals surface area contributed by atoms with Gasteiger partial charge >= 0.3 is 0 Å². The summed E-state index contributed by atoms with van der Waals surface area (Å²) in [7, 11) is 1.78. The number of benzene rings is 1. The van der Waals surface area contributed by atoms with Gasteiger partial charge in [-0.2, -0.15) is 10.4 Å². The van der Waals surface area contributed by atoms with Crippen LogP contribution in [0.4, 0.5) is 0 Å². The minimum Gasteiger partial charge on any atom is -0.369 e. The number of nitrogens with zero attached hydrogens (tertiary/aromatic N) is 3. The Morgan fingerprint density at radius 3 is 3.04 bits per heavy atom. The number of rotatable bonds is 3. The van der Waals surface area contributed by atoms with Crippen molar-refractivity contribution in [2.45, 2.75) is 39.0 Å². The van der Waals surface area contributed by atoms with Crippen LogP contribution in [0, 0.1) is 11.3 Å². The van der Waals surface area contributed by atoms with E-state index in [2.05, 4.69) is 16.5 Å². The number of nitrogens with one attached hydrogen (secondary N) is 1. The topological polar surface area (TPSA) is 79.9 Å². The summed E-state index contributed by atoms with van der Waals surface area (Å²) in [5.74, 6) is -0.157. The number of hydrogen-bond acceptors (Lipinski definition) is 4. The van der Waals surface area contributed by atoms with Crippen LogP contribution in [0.15, 0.2) is 24.3 Å². The zero-order valence-corrected chi connectivity index (χ0v) is 14.0. The predicted octanol–water partition coefficient (Wildman–Crippen LogP) is 2.24. The molecule has 1 amide bonds. The Morgan fingerprint density at radius 1 is 1.50 bits per heavy atom. The fourth-order valence-electron chi connectivity index (χ4n) is 3.17. The normalized spacial score (nSPS) is 19.4. The molecule has 0 fully saturated rings. The van der Waals surface area contributed by atoms with Gasteiger partial charge < -0.3 is 10.1 Å². The van der Waals surface area contributed by atoms with Gasteiger partial charge in [0.05, 0.1) is 29.5 Å². The van der Waals surface area contributed by atoms with Crippen LogP contribution in [-0.2, 0) is 24.8 Å². The van der Waals surface area contributed by atoms with Gasteiger partial charge in [0.2, 0.25) is 0 Å². The molecule has 1 N–H and O–H groups in total. The van der Waals surface area contributed by atoms with Gasteiger partial charge in [0.25, 0.3) is 5.91 Å². The minimum atomic E-state index is -0.157. The standard InChI is InChI=1S/C18H20N4O2/c1-11-7-15-16(12(2)24-11)21-22(3)17(15)18(23)20-10-14-6-4-5-13(8-14)9-19/h4-6,8,11-12H,7,10H2,1-3H3,(H,20,23)/t11-,12+/m1/s1. The Balaban J connectivity index is 1.80. The summed E-state index contributed by atoms with van der Waals surface area (Å²) < 4.78 is 7.41. The first-order valence-corrected chi connectivity index (χ1v) is 7.98. The van der Waals surface area contributed by atoms with Crippen molar-refractivity contribution in [1.82, 2.24) is 15.1 Å². The van der Waals surface area contributed by atoms with E-state index in [1.807, 2.05) is 26.0 Å². The molecule has 2 heterocycles. The Morgan fingerprint density at radius 2 is 2.29 bits per heavy atom. The second-order valence-corrected chi connectivity index (χ2v) is 6.12. The molecule has 0 bridgehead atoms. The largest absolute Gasteiger partial charge is 0.369 e. The Bertz CT molecular complexity index is 819. The van der Waals surface area contributed by atoms with Crippen molar-refractivity contribution < 1.29 is 9.53 Å². The molecule has 2 atom stereocenters. The van der Waals surface area contributed by atoms with Gasteiger partial charge in [-0.25, -0.2) is 0 Å². The Labute approximate surface area is 141 Å². The van der Waals surface area contributed by atoms with Crippen molar-refractivity contribution >= 4 is 5.91 Å². The van der Waals surface area contributed by atoms with Crippen LogP contribution in [0.25, 0.3) is 0 Å².